The fourth-order valence-corrected chi connectivity index (χ4v) is 2.68. The lowest BCUT2D eigenvalue weighted by Gasteiger charge is -2.00. The highest BCUT2D eigenvalue weighted by molar-refractivity contribution is 7.15. The van der Waals surface area contributed by atoms with Crippen molar-refractivity contribution < 1.29 is 5.11 Å². The first-order chi connectivity index (χ1) is 8.81. The van der Waals surface area contributed by atoms with E-state index >= 15 is 0 Å². The Morgan fingerprint density at radius 1 is 1.33 bits per heavy atom. The average Bonchev–Trinajstić information content (AvgIpc) is 3.04. The van der Waals surface area contributed by atoms with Crippen LogP contribution in [0.2, 0.25) is 0 Å². The summed E-state index contributed by atoms with van der Waals surface area (Å²) in [7, 11) is 1.80. The number of aromatic nitrogens is 3. The van der Waals surface area contributed by atoms with E-state index in [-0.39, 0.29) is 6.61 Å². The van der Waals surface area contributed by atoms with Crippen LogP contribution in [-0.2, 0) is 6.61 Å². The Kier molecular flexibility index (Phi) is 2.73. The number of nitrogens with zero attached hydrogens (tertiary/aromatic N) is 3. The van der Waals surface area contributed by atoms with Crippen molar-refractivity contribution in [3.8, 4) is 10.6 Å². The molecule has 0 atom stereocenters. The number of hydrogen-bond acceptors (Lipinski definition) is 5. The highest BCUT2D eigenvalue weighted by atomic mass is 32.1. The number of aliphatic hydroxyl groups excluding tert-OH is 1. The fourth-order valence-electron chi connectivity index (χ4n) is 1.80. The third-order valence-corrected chi connectivity index (χ3v) is 3.75. The summed E-state index contributed by atoms with van der Waals surface area (Å²) in [5.41, 5.74) is 1.78. The number of fused-ring (bicyclic) bond motifs is 1. The van der Waals surface area contributed by atoms with Gasteiger partial charge >= 0.3 is 0 Å². The zero-order valence-electron chi connectivity index (χ0n) is 9.79. The molecule has 0 aliphatic carbocycles. The first-order valence-corrected chi connectivity index (χ1v) is 6.37. The molecule has 2 N–H and O–H groups in total. The maximum atomic E-state index is 9.12. The van der Waals surface area contributed by atoms with E-state index in [2.05, 4.69) is 15.4 Å². The first kappa shape index (κ1) is 11.2. The SMILES string of the molecule is CNc1nc2cccc(-c3ccc(CO)s3)n2n1. The van der Waals surface area contributed by atoms with Crippen LogP contribution in [0.1, 0.15) is 4.88 Å². The molecule has 0 aliphatic rings. The lowest BCUT2D eigenvalue weighted by molar-refractivity contribution is 0.285. The predicted octanol–water partition coefficient (Wildman–Crippen LogP) is 1.99. The highest BCUT2D eigenvalue weighted by Gasteiger charge is 2.09. The minimum Gasteiger partial charge on any atom is -0.391 e. The molecule has 0 bridgehead atoms. The maximum Gasteiger partial charge on any atom is 0.242 e. The van der Waals surface area contributed by atoms with Gasteiger partial charge in [0.25, 0.3) is 0 Å². The van der Waals surface area contributed by atoms with Crippen LogP contribution in [0.4, 0.5) is 5.95 Å². The van der Waals surface area contributed by atoms with E-state index in [1.165, 1.54) is 0 Å². The molecule has 0 aliphatic heterocycles. The summed E-state index contributed by atoms with van der Waals surface area (Å²) in [6.45, 7) is 0.0692. The molecule has 6 heteroatoms. The summed E-state index contributed by atoms with van der Waals surface area (Å²) >= 11 is 1.56. The first-order valence-electron chi connectivity index (χ1n) is 5.55. The highest BCUT2D eigenvalue weighted by Crippen LogP contribution is 2.28. The molecule has 0 saturated carbocycles. The number of anilines is 1. The van der Waals surface area contributed by atoms with Crippen molar-refractivity contribution in [3.05, 3.63) is 35.2 Å². The van der Waals surface area contributed by atoms with Crippen LogP contribution in [0.25, 0.3) is 16.2 Å². The lowest BCUT2D eigenvalue weighted by Crippen LogP contribution is -1.93. The predicted molar refractivity (Wildman–Crippen MR) is 71.8 cm³/mol. The standard InChI is InChI=1S/C12H12N4OS/c1-13-12-14-11-4-2-3-9(16(11)15-12)10-6-5-8(7-17)18-10/h2-6,17H,7H2,1H3,(H,13,15). The molecule has 3 rings (SSSR count). The van der Waals surface area contributed by atoms with Gasteiger partial charge in [-0.3, -0.25) is 0 Å². The van der Waals surface area contributed by atoms with Gasteiger partial charge in [-0.15, -0.1) is 16.4 Å². The Morgan fingerprint density at radius 3 is 2.94 bits per heavy atom. The fraction of sp³-hybridized carbons (Fsp3) is 0.167. The van der Waals surface area contributed by atoms with Crippen LogP contribution in [0.3, 0.4) is 0 Å². The second-order valence-corrected chi connectivity index (χ2v) is 4.96. The summed E-state index contributed by atoms with van der Waals surface area (Å²) < 4.78 is 1.80. The Balaban J connectivity index is 2.18. The summed E-state index contributed by atoms with van der Waals surface area (Å²) in [6, 6.07) is 9.78. The lowest BCUT2D eigenvalue weighted by atomic mass is 10.3. The van der Waals surface area contributed by atoms with Crippen molar-refractivity contribution >= 4 is 22.9 Å². The second-order valence-electron chi connectivity index (χ2n) is 3.79. The molecule has 0 amide bonds. The Morgan fingerprint density at radius 2 is 2.22 bits per heavy atom. The van der Waals surface area contributed by atoms with Gasteiger partial charge in [0.05, 0.1) is 17.2 Å². The number of aliphatic hydroxyl groups is 1. The van der Waals surface area contributed by atoms with Crippen LogP contribution < -0.4 is 5.32 Å². The molecule has 0 fully saturated rings. The normalized spacial score (nSPS) is 11.0. The van der Waals surface area contributed by atoms with E-state index in [1.807, 2.05) is 30.3 Å². The molecule has 0 aromatic carbocycles. The molecule has 18 heavy (non-hydrogen) atoms. The molecule has 0 saturated heterocycles. The zero-order chi connectivity index (χ0) is 12.5. The van der Waals surface area contributed by atoms with Crippen molar-refractivity contribution in [2.24, 2.45) is 0 Å². The largest absolute Gasteiger partial charge is 0.391 e. The topological polar surface area (TPSA) is 62.5 Å². The van der Waals surface area contributed by atoms with Crippen molar-refractivity contribution in [2.75, 3.05) is 12.4 Å². The summed E-state index contributed by atoms with van der Waals surface area (Å²) in [5.74, 6) is 0.599. The van der Waals surface area contributed by atoms with Crippen LogP contribution in [0, 0.1) is 0 Å². The minimum absolute atomic E-state index is 0.0692. The van der Waals surface area contributed by atoms with Gasteiger partial charge in [-0.25, -0.2) is 4.52 Å². The summed E-state index contributed by atoms with van der Waals surface area (Å²) in [6.07, 6.45) is 0. The van der Waals surface area contributed by atoms with Gasteiger partial charge in [0.15, 0.2) is 5.65 Å². The zero-order valence-corrected chi connectivity index (χ0v) is 10.6. The van der Waals surface area contributed by atoms with Gasteiger partial charge in [-0.2, -0.15) is 4.98 Å². The number of pyridine rings is 1. The maximum absolute atomic E-state index is 9.12. The van der Waals surface area contributed by atoms with E-state index in [0.29, 0.717) is 5.95 Å². The van der Waals surface area contributed by atoms with E-state index in [0.717, 1.165) is 21.1 Å². The number of thiophene rings is 1. The second kappa shape index (κ2) is 4.40. The van der Waals surface area contributed by atoms with Gasteiger partial charge in [0.1, 0.15) is 0 Å². The van der Waals surface area contributed by atoms with Crippen molar-refractivity contribution in [2.45, 2.75) is 6.61 Å². The quantitative estimate of drug-likeness (QED) is 0.756. The molecule has 0 spiro atoms. The van der Waals surface area contributed by atoms with E-state index in [1.54, 1.807) is 22.9 Å². The van der Waals surface area contributed by atoms with Gasteiger partial charge in [-0.05, 0) is 24.3 Å². The molecule has 3 aromatic heterocycles. The van der Waals surface area contributed by atoms with Gasteiger partial charge < -0.3 is 10.4 Å². The number of hydrogen-bond donors (Lipinski definition) is 2. The summed E-state index contributed by atoms with van der Waals surface area (Å²) in [4.78, 5) is 6.35. The Hall–Kier alpha value is -1.92. The van der Waals surface area contributed by atoms with Gasteiger partial charge in [-0.1, -0.05) is 6.07 Å². The van der Waals surface area contributed by atoms with Gasteiger partial charge in [0.2, 0.25) is 5.95 Å². The molecule has 0 radical (unpaired) electrons. The molecule has 3 aromatic rings. The number of nitrogens with one attached hydrogen (secondary N) is 1. The Labute approximate surface area is 108 Å². The molecule has 3 heterocycles. The molecular weight excluding hydrogens is 248 g/mol. The average molecular weight is 260 g/mol. The van der Waals surface area contributed by atoms with Crippen molar-refractivity contribution in [1.82, 2.24) is 14.6 Å². The van der Waals surface area contributed by atoms with E-state index in [4.69, 9.17) is 5.11 Å². The van der Waals surface area contributed by atoms with Crippen LogP contribution in [0.15, 0.2) is 30.3 Å². The van der Waals surface area contributed by atoms with E-state index < -0.39 is 0 Å². The third kappa shape index (κ3) is 1.75. The Bertz CT molecular complexity index is 688. The molecule has 92 valence electrons. The summed E-state index contributed by atoms with van der Waals surface area (Å²) in [5, 5.41) is 16.4. The van der Waals surface area contributed by atoms with E-state index in [9.17, 15) is 0 Å². The molecule has 0 unspecified atom stereocenters. The minimum atomic E-state index is 0.0692. The van der Waals surface area contributed by atoms with Crippen molar-refractivity contribution in [1.29, 1.82) is 0 Å². The molecular formula is C12H12N4OS. The van der Waals surface area contributed by atoms with Crippen molar-refractivity contribution in [3.63, 3.8) is 0 Å². The van der Waals surface area contributed by atoms with Crippen LogP contribution in [0.5, 0.6) is 0 Å². The smallest absolute Gasteiger partial charge is 0.242 e. The monoisotopic (exact) mass is 260 g/mol. The van der Waals surface area contributed by atoms with Crippen LogP contribution >= 0.6 is 11.3 Å². The van der Waals surface area contributed by atoms with Gasteiger partial charge in [0, 0.05) is 11.9 Å². The van der Waals surface area contributed by atoms with Crippen LogP contribution in [-0.4, -0.2) is 26.8 Å². The molecule has 5 nitrogen and oxygen atoms in total. The number of rotatable bonds is 3. The third-order valence-electron chi connectivity index (χ3n) is 2.65.